The highest BCUT2D eigenvalue weighted by Crippen LogP contribution is 2.20. The van der Waals surface area contributed by atoms with Gasteiger partial charge in [-0.2, -0.15) is 0 Å². The zero-order valence-electron chi connectivity index (χ0n) is 9.31. The number of nitrogens with two attached hydrogens (primary N) is 1. The Kier molecular flexibility index (Phi) is 3.75. The first-order chi connectivity index (χ1) is 8.58. The van der Waals surface area contributed by atoms with Crippen LogP contribution in [0.5, 0.6) is 0 Å². The third kappa shape index (κ3) is 2.76. The molecule has 0 saturated carbocycles. The van der Waals surface area contributed by atoms with Crippen LogP contribution in [0.4, 0.5) is 0 Å². The van der Waals surface area contributed by atoms with Crippen molar-refractivity contribution in [1.29, 1.82) is 0 Å². The van der Waals surface area contributed by atoms with Crippen molar-refractivity contribution >= 4 is 28.5 Å². The first-order valence-electron chi connectivity index (χ1n) is 5.20. The Morgan fingerprint density at radius 3 is 2.61 bits per heavy atom. The van der Waals surface area contributed by atoms with Crippen LogP contribution in [-0.4, -0.2) is 15.9 Å². The fourth-order valence-electron chi connectivity index (χ4n) is 1.54. The molecule has 0 saturated heterocycles. The molecule has 6 heteroatoms. The van der Waals surface area contributed by atoms with E-state index in [0.29, 0.717) is 9.26 Å². The molecular formula is C12H10IN3O2. The second-order valence-corrected chi connectivity index (χ2v) is 4.76. The third-order valence-electron chi connectivity index (χ3n) is 2.30. The molecule has 0 fully saturated rings. The lowest BCUT2D eigenvalue weighted by Crippen LogP contribution is -2.21. The summed E-state index contributed by atoms with van der Waals surface area (Å²) in [6.45, 7) is 0. The number of nitrogens with zero attached hydrogens (tertiary/aromatic N) is 1. The van der Waals surface area contributed by atoms with Crippen LogP contribution in [-0.2, 0) is 11.2 Å². The number of hydrogen-bond acceptors (Lipinski definition) is 3. The SMILES string of the molecule is NC(=O)Cc1nc(-c2ccccc2)c(I)c(=O)[nH]1. The minimum absolute atomic E-state index is 0.0774. The maximum Gasteiger partial charge on any atom is 0.264 e. The summed E-state index contributed by atoms with van der Waals surface area (Å²) >= 11 is 1.94. The van der Waals surface area contributed by atoms with Crippen LogP contribution in [0.1, 0.15) is 5.82 Å². The maximum absolute atomic E-state index is 11.8. The minimum atomic E-state index is -0.529. The molecule has 2 rings (SSSR count). The number of benzene rings is 1. The number of rotatable bonds is 3. The monoisotopic (exact) mass is 355 g/mol. The molecule has 1 amide bonds. The lowest BCUT2D eigenvalue weighted by Gasteiger charge is -2.05. The van der Waals surface area contributed by atoms with Crippen LogP contribution < -0.4 is 11.3 Å². The van der Waals surface area contributed by atoms with Crippen LogP contribution in [0, 0.1) is 3.57 Å². The third-order valence-corrected chi connectivity index (χ3v) is 3.30. The Hall–Kier alpha value is -1.70. The van der Waals surface area contributed by atoms with Crippen molar-refractivity contribution in [3.8, 4) is 11.3 Å². The van der Waals surface area contributed by atoms with Crippen molar-refractivity contribution in [3.05, 3.63) is 50.1 Å². The van der Waals surface area contributed by atoms with E-state index in [4.69, 9.17) is 5.73 Å². The predicted molar refractivity (Wildman–Crippen MR) is 75.9 cm³/mol. The normalized spacial score (nSPS) is 10.3. The summed E-state index contributed by atoms with van der Waals surface area (Å²) in [6, 6.07) is 9.33. The van der Waals surface area contributed by atoms with E-state index in [1.807, 2.05) is 52.9 Å². The Morgan fingerprint density at radius 2 is 2.00 bits per heavy atom. The number of hydrogen-bond donors (Lipinski definition) is 2. The fraction of sp³-hybridized carbons (Fsp3) is 0.0833. The van der Waals surface area contributed by atoms with E-state index in [-0.39, 0.29) is 17.8 Å². The Balaban J connectivity index is 2.56. The van der Waals surface area contributed by atoms with E-state index in [1.165, 1.54) is 0 Å². The number of aromatic nitrogens is 2. The summed E-state index contributed by atoms with van der Waals surface area (Å²) in [7, 11) is 0. The minimum Gasteiger partial charge on any atom is -0.369 e. The Morgan fingerprint density at radius 1 is 1.33 bits per heavy atom. The van der Waals surface area contributed by atoms with Gasteiger partial charge in [-0.05, 0) is 22.6 Å². The van der Waals surface area contributed by atoms with Gasteiger partial charge in [0.1, 0.15) is 9.39 Å². The van der Waals surface area contributed by atoms with Gasteiger partial charge >= 0.3 is 0 Å². The molecule has 0 radical (unpaired) electrons. The van der Waals surface area contributed by atoms with E-state index < -0.39 is 5.91 Å². The highest BCUT2D eigenvalue weighted by molar-refractivity contribution is 14.1. The molecule has 2 aromatic rings. The molecule has 0 atom stereocenters. The number of H-pyrrole nitrogens is 1. The van der Waals surface area contributed by atoms with Gasteiger partial charge in [-0.15, -0.1) is 0 Å². The molecule has 92 valence electrons. The van der Waals surface area contributed by atoms with Gasteiger partial charge in [-0.3, -0.25) is 9.59 Å². The lowest BCUT2D eigenvalue weighted by atomic mass is 10.1. The molecule has 1 aromatic carbocycles. The second-order valence-electron chi connectivity index (χ2n) is 3.68. The number of halogens is 1. The molecule has 0 aliphatic heterocycles. The number of amides is 1. The van der Waals surface area contributed by atoms with Crippen molar-refractivity contribution in [1.82, 2.24) is 9.97 Å². The van der Waals surface area contributed by atoms with Gasteiger partial charge in [0.05, 0.1) is 12.1 Å². The second kappa shape index (κ2) is 5.30. The average Bonchev–Trinajstić information content (AvgIpc) is 2.34. The Labute approximate surface area is 117 Å². The van der Waals surface area contributed by atoms with Crippen molar-refractivity contribution in [3.63, 3.8) is 0 Å². The smallest absolute Gasteiger partial charge is 0.264 e. The fourth-order valence-corrected chi connectivity index (χ4v) is 2.11. The number of aromatic amines is 1. The first-order valence-corrected chi connectivity index (χ1v) is 6.28. The summed E-state index contributed by atoms with van der Waals surface area (Å²) in [5.41, 5.74) is 6.23. The van der Waals surface area contributed by atoms with Crippen LogP contribution in [0.25, 0.3) is 11.3 Å². The van der Waals surface area contributed by atoms with Gasteiger partial charge in [0, 0.05) is 5.56 Å². The zero-order chi connectivity index (χ0) is 13.1. The topological polar surface area (TPSA) is 88.8 Å². The highest BCUT2D eigenvalue weighted by atomic mass is 127. The van der Waals surface area contributed by atoms with Gasteiger partial charge in [0.2, 0.25) is 5.91 Å². The number of nitrogens with one attached hydrogen (secondary N) is 1. The molecule has 1 heterocycles. The van der Waals surface area contributed by atoms with Crippen molar-refractivity contribution in [2.45, 2.75) is 6.42 Å². The molecular weight excluding hydrogens is 345 g/mol. The summed E-state index contributed by atoms with van der Waals surface area (Å²) in [6.07, 6.45) is -0.0774. The lowest BCUT2D eigenvalue weighted by molar-refractivity contribution is -0.117. The molecule has 0 aliphatic rings. The number of carbonyl (C=O) groups excluding carboxylic acids is 1. The summed E-state index contributed by atoms with van der Waals surface area (Å²) in [4.78, 5) is 29.5. The number of carbonyl (C=O) groups is 1. The molecule has 5 nitrogen and oxygen atoms in total. The van der Waals surface area contributed by atoms with E-state index >= 15 is 0 Å². The Bertz CT molecular complexity index is 638. The molecule has 0 bridgehead atoms. The van der Waals surface area contributed by atoms with Crippen molar-refractivity contribution in [2.24, 2.45) is 5.73 Å². The average molecular weight is 355 g/mol. The predicted octanol–water partition coefficient (Wildman–Crippen LogP) is 1.07. The molecule has 3 N–H and O–H groups in total. The standard InChI is InChI=1S/C12H10IN3O2/c13-10-11(7-4-2-1-3-5-7)15-9(6-8(14)17)16-12(10)18/h1-5H,6H2,(H2,14,17)(H,15,16,18). The molecule has 0 unspecified atom stereocenters. The summed E-state index contributed by atoms with van der Waals surface area (Å²) in [5, 5.41) is 0. The quantitative estimate of drug-likeness (QED) is 0.808. The van der Waals surface area contributed by atoms with Crippen LogP contribution in [0.3, 0.4) is 0 Å². The summed E-state index contributed by atoms with van der Waals surface area (Å²) in [5.74, 6) is -0.245. The van der Waals surface area contributed by atoms with Crippen LogP contribution in [0.15, 0.2) is 35.1 Å². The van der Waals surface area contributed by atoms with E-state index in [9.17, 15) is 9.59 Å². The van der Waals surface area contributed by atoms with Crippen molar-refractivity contribution < 1.29 is 4.79 Å². The molecule has 0 spiro atoms. The van der Waals surface area contributed by atoms with Gasteiger partial charge in [0.25, 0.3) is 5.56 Å². The molecule has 18 heavy (non-hydrogen) atoms. The molecule has 0 aliphatic carbocycles. The van der Waals surface area contributed by atoms with Crippen LogP contribution in [0.2, 0.25) is 0 Å². The van der Waals surface area contributed by atoms with Crippen molar-refractivity contribution in [2.75, 3.05) is 0 Å². The largest absolute Gasteiger partial charge is 0.369 e. The van der Waals surface area contributed by atoms with Gasteiger partial charge < -0.3 is 10.7 Å². The van der Waals surface area contributed by atoms with E-state index in [0.717, 1.165) is 5.56 Å². The highest BCUT2D eigenvalue weighted by Gasteiger charge is 2.11. The van der Waals surface area contributed by atoms with E-state index in [2.05, 4.69) is 9.97 Å². The zero-order valence-corrected chi connectivity index (χ0v) is 11.5. The first kappa shape index (κ1) is 12.7. The van der Waals surface area contributed by atoms with Gasteiger partial charge in [-0.25, -0.2) is 4.98 Å². The maximum atomic E-state index is 11.8. The number of primary amides is 1. The van der Waals surface area contributed by atoms with Gasteiger partial charge in [-0.1, -0.05) is 30.3 Å². The molecule has 1 aromatic heterocycles. The van der Waals surface area contributed by atoms with E-state index in [1.54, 1.807) is 0 Å². The van der Waals surface area contributed by atoms with Crippen LogP contribution >= 0.6 is 22.6 Å². The summed E-state index contributed by atoms with van der Waals surface area (Å²) < 4.78 is 0.493. The van der Waals surface area contributed by atoms with Gasteiger partial charge in [0.15, 0.2) is 0 Å².